The highest BCUT2D eigenvalue weighted by atomic mass is 35.5. The van der Waals surface area contributed by atoms with Crippen LogP contribution in [0.5, 0.6) is 11.5 Å². The molecule has 6 nitrogen and oxygen atoms in total. The fourth-order valence-corrected chi connectivity index (χ4v) is 3.52. The van der Waals surface area contributed by atoms with E-state index in [1.165, 1.54) is 6.07 Å². The fraction of sp³-hybridized carbons (Fsp3) is 0.227. The number of hydrogen-bond donors (Lipinski definition) is 0. The van der Waals surface area contributed by atoms with Crippen LogP contribution in [0.3, 0.4) is 0 Å². The lowest BCUT2D eigenvalue weighted by atomic mass is 10.1. The minimum atomic E-state index is -0.492. The van der Waals surface area contributed by atoms with Crippen molar-refractivity contribution in [1.29, 1.82) is 0 Å². The van der Waals surface area contributed by atoms with Crippen molar-refractivity contribution in [3.05, 3.63) is 70.6 Å². The number of aromatic nitrogens is 4. The molecule has 3 heterocycles. The first-order chi connectivity index (χ1) is 14.5. The molecule has 0 radical (unpaired) electrons. The standard InChI is InChI=1S/C22H20ClFN4O2/c1-4-29-12-20-26-27-22-21(23)17(7-8-28(20)22)15-5-6-19(18(24)11-15)30-16-9-13(2)25-14(3)10-16/h5-11H,4,12H2,1-3H3. The van der Waals surface area contributed by atoms with E-state index >= 15 is 0 Å². The lowest BCUT2D eigenvalue weighted by Crippen LogP contribution is -1.99. The van der Waals surface area contributed by atoms with Gasteiger partial charge in [0.05, 0.1) is 5.02 Å². The molecule has 4 rings (SSSR count). The van der Waals surface area contributed by atoms with Crippen LogP contribution in [-0.4, -0.2) is 26.2 Å². The zero-order valence-corrected chi connectivity index (χ0v) is 17.6. The van der Waals surface area contributed by atoms with Gasteiger partial charge in [0.15, 0.2) is 23.0 Å². The zero-order chi connectivity index (χ0) is 21.3. The molecule has 0 bridgehead atoms. The molecule has 0 saturated heterocycles. The predicted molar refractivity (Wildman–Crippen MR) is 113 cm³/mol. The van der Waals surface area contributed by atoms with Gasteiger partial charge < -0.3 is 9.47 Å². The van der Waals surface area contributed by atoms with Crippen molar-refractivity contribution in [2.24, 2.45) is 0 Å². The van der Waals surface area contributed by atoms with Crippen LogP contribution < -0.4 is 4.74 Å². The minimum Gasteiger partial charge on any atom is -0.454 e. The van der Waals surface area contributed by atoms with Crippen molar-refractivity contribution >= 4 is 17.2 Å². The lowest BCUT2D eigenvalue weighted by molar-refractivity contribution is 0.127. The molecule has 0 saturated carbocycles. The molecule has 0 spiro atoms. The first kappa shape index (κ1) is 20.3. The second kappa shape index (κ2) is 8.38. The molecular weight excluding hydrogens is 407 g/mol. The maximum absolute atomic E-state index is 14.8. The van der Waals surface area contributed by atoms with Crippen molar-refractivity contribution < 1.29 is 13.9 Å². The largest absolute Gasteiger partial charge is 0.454 e. The Hall–Kier alpha value is -3.03. The third kappa shape index (κ3) is 3.99. The molecule has 1 aromatic carbocycles. The number of pyridine rings is 2. The predicted octanol–water partition coefficient (Wildman–Crippen LogP) is 5.53. The van der Waals surface area contributed by atoms with Gasteiger partial charge in [-0.15, -0.1) is 10.2 Å². The first-order valence-corrected chi connectivity index (χ1v) is 9.87. The maximum Gasteiger partial charge on any atom is 0.180 e. The Balaban J connectivity index is 1.65. The monoisotopic (exact) mass is 426 g/mol. The van der Waals surface area contributed by atoms with E-state index in [1.54, 1.807) is 40.9 Å². The average Bonchev–Trinajstić information content (AvgIpc) is 3.11. The number of ether oxygens (including phenoxy) is 2. The lowest BCUT2D eigenvalue weighted by Gasteiger charge is -2.11. The summed E-state index contributed by atoms with van der Waals surface area (Å²) in [7, 11) is 0. The van der Waals surface area contributed by atoms with E-state index < -0.39 is 5.82 Å². The number of hydrogen-bond acceptors (Lipinski definition) is 5. The van der Waals surface area contributed by atoms with Gasteiger partial charge >= 0.3 is 0 Å². The second-order valence-corrected chi connectivity index (χ2v) is 7.20. The Morgan fingerprint density at radius 3 is 2.53 bits per heavy atom. The van der Waals surface area contributed by atoms with Gasteiger partial charge in [-0.3, -0.25) is 9.38 Å². The van der Waals surface area contributed by atoms with E-state index in [9.17, 15) is 4.39 Å². The van der Waals surface area contributed by atoms with Crippen LogP contribution in [-0.2, 0) is 11.3 Å². The van der Waals surface area contributed by atoms with Crippen molar-refractivity contribution in [2.45, 2.75) is 27.4 Å². The molecule has 0 aliphatic heterocycles. The highest BCUT2D eigenvalue weighted by Crippen LogP contribution is 2.34. The van der Waals surface area contributed by atoms with E-state index in [2.05, 4.69) is 15.2 Å². The van der Waals surface area contributed by atoms with E-state index in [-0.39, 0.29) is 5.75 Å². The van der Waals surface area contributed by atoms with E-state index in [0.717, 1.165) is 11.4 Å². The van der Waals surface area contributed by atoms with Crippen LogP contribution in [0.25, 0.3) is 16.8 Å². The van der Waals surface area contributed by atoms with Gasteiger partial charge in [-0.2, -0.15) is 0 Å². The molecule has 8 heteroatoms. The number of nitrogens with zero attached hydrogens (tertiary/aromatic N) is 4. The molecule has 0 unspecified atom stereocenters. The van der Waals surface area contributed by atoms with Crippen LogP contribution in [0.1, 0.15) is 24.1 Å². The fourth-order valence-electron chi connectivity index (χ4n) is 3.22. The molecule has 3 aromatic heterocycles. The normalized spacial score (nSPS) is 11.2. The Morgan fingerprint density at radius 2 is 1.83 bits per heavy atom. The molecule has 0 fully saturated rings. The first-order valence-electron chi connectivity index (χ1n) is 9.49. The molecule has 0 N–H and O–H groups in total. The van der Waals surface area contributed by atoms with Crippen LogP contribution in [0.2, 0.25) is 5.02 Å². The third-order valence-electron chi connectivity index (χ3n) is 4.55. The number of fused-ring (bicyclic) bond motifs is 1. The van der Waals surface area contributed by atoms with Gasteiger partial charge in [0, 0.05) is 41.9 Å². The molecule has 30 heavy (non-hydrogen) atoms. The third-order valence-corrected chi connectivity index (χ3v) is 4.92. The topological polar surface area (TPSA) is 61.5 Å². The Labute approximate surface area is 178 Å². The summed E-state index contributed by atoms with van der Waals surface area (Å²) >= 11 is 6.56. The summed E-state index contributed by atoms with van der Waals surface area (Å²) in [6, 6.07) is 10.1. The van der Waals surface area contributed by atoms with Gasteiger partial charge in [0.2, 0.25) is 0 Å². The molecule has 0 aliphatic rings. The van der Waals surface area contributed by atoms with Crippen LogP contribution in [0, 0.1) is 19.7 Å². The molecular formula is C22H20ClFN4O2. The number of halogens is 2. The van der Waals surface area contributed by atoms with Gasteiger partial charge in [-0.05, 0) is 44.5 Å². The van der Waals surface area contributed by atoms with Crippen molar-refractivity contribution in [3.8, 4) is 22.6 Å². The number of aryl methyl sites for hydroxylation is 2. The van der Waals surface area contributed by atoms with Crippen LogP contribution in [0.4, 0.5) is 4.39 Å². The van der Waals surface area contributed by atoms with Crippen molar-refractivity contribution in [2.75, 3.05) is 6.61 Å². The second-order valence-electron chi connectivity index (χ2n) is 6.82. The summed E-state index contributed by atoms with van der Waals surface area (Å²) in [5.41, 5.74) is 3.37. The summed E-state index contributed by atoms with van der Waals surface area (Å²) in [6.07, 6.45) is 1.80. The van der Waals surface area contributed by atoms with E-state index in [4.69, 9.17) is 21.1 Å². The highest BCUT2D eigenvalue weighted by Gasteiger charge is 2.15. The van der Waals surface area contributed by atoms with Crippen LogP contribution >= 0.6 is 11.6 Å². The average molecular weight is 427 g/mol. The van der Waals surface area contributed by atoms with Gasteiger partial charge in [-0.1, -0.05) is 17.7 Å². The molecule has 0 atom stereocenters. The van der Waals surface area contributed by atoms with Crippen molar-refractivity contribution in [1.82, 2.24) is 19.6 Å². The summed E-state index contributed by atoms with van der Waals surface area (Å²) in [6.45, 7) is 6.55. The summed E-state index contributed by atoms with van der Waals surface area (Å²) in [4.78, 5) is 4.30. The highest BCUT2D eigenvalue weighted by molar-refractivity contribution is 6.36. The quantitative estimate of drug-likeness (QED) is 0.405. The van der Waals surface area contributed by atoms with Crippen LogP contribution in [0.15, 0.2) is 42.6 Å². The van der Waals surface area contributed by atoms with E-state index in [0.29, 0.717) is 46.6 Å². The van der Waals surface area contributed by atoms with Gasteiger partial charge in [-0.25, -0.2) is 4.39 Å². The number of rotatable bonds is 6. The Bertz CT molecular complexity index is 1210. The Kier molecular flexibility index (Phi) is 5.65. The van der Waals surface area contributed by atoms with Gasteiger partial charge in [0.1, 0.15) is 12.4 Å². The van der Waals surface area contributed by atoms with Crippen molar-refractivity contribution in [3.63, 3.8) is 0 Å². The maximum atomic E-state index is 14.8. The van der Waals surface area contributed by atoms with E-state index in [1.807, 2.05) is 20.8 Å². The minimum absolute atomic E-state index is 0.127. The zero-order valence-electron chi connectivity index (χ0n) is 16.8. The summed E-state index contributed by atoms with van der Waals surface area (Å²) in [5, 5.41) is 8.66. The summed E-state index contributed by atoms with van der Waals surface area (Å²) in [5.74, 6) is 0.825. The number of benzene rings is 1. The molecule has 0 amide bonds. The molecule has 4 aromatic rings. The Morgan fingerprint density at radius 1 is 1.07 bits per heavy atom. The molecule has 0 aliphatic carbocycles. The van der Waals surface area contributed by atoms with Gasteiger partial charge in [0.25, 0.3) is 0 Å². The molecule has 154 valence electrons. The SMILES string of the molecule is CCOCc1nnc2c(Cl)c(-c3ccc(Oc4cc(C)nc(C)c4)c(F)c3)ccn12. The summed E-state index contributed by atoms with van der Waals surface area (Å²) < 4.78 is 27.7. The smallest absolute Gasteiger partial charge is 0.180 e.